The third kappa shape index (κ3) is 8.76. The van der Waals surface area contributed by atoms with Crippen molar-refractivity contribution in [2.24, 2.45) is 0 Å². The van der Waals surface area contributed by atoms with Gasteiger partial charge in [-0.3, -0.25) is 13.9 Å². The standard InChI is InChI=1S/C38H42ClN3O5S/c1-3-47-34-21-19-33(20-22-34)42(48(45,46)35-23-17-31(39)18-24-35)27-37(43)41(26-30-14-8-7-11-28(30)2)36(25-29-12-5-4-6-13-29)38(44)40-32-15-9-10-16-32/h4-8,11-14,17-24,32,36H,3,9-10,15-16,25-27H2,1-2H3,(H,40,44)/t36-/m0/s1. The van der Waals surface area contributed by atoms with E-state index in [0.717, 1.165) is 46.7 Å². The minimum absolute atomic E-state index is 0.0150. The van der Waals surface area contributed by atoms with Crippen LogP contribution in [0.5, 0.6) is 5.75 Å². The van der Waals surface area contributed by atoms with Crippen molar-refractivity contribution in [3.05, 3.63) is 125 Å². The van der Waals surface area contributed by atoms with Crippen LogP contribution in [0.1, 0.15) is 49.3 Å². The number of amides is 2. The van der Waals surface area contributed by atoms with Crippen LogP contribution in [-0.2, 0) is 32.6 Å². The van der Waals surface area contributed by atoms with Gasteiger partial charge in [-0.1, -0.05) is 79.0 Å². The molecule has 0 saturated heterocycles. The van der Waals surface area contributed by atoms with Gasteiger partial charge in [-0.2, -0.15) is 0 Å². The maximum Gasteiger partial charge on any atom is 0.264 e. The normalized spacial score (nSPS) is 13.9. The smallest absolute Gasteiger partial charge is 0.264 e. The molecule has 0 heterocycles. The van der Waals surface area contributed by atoms with Crippen molar-refractivity contribution in [1.82, 2.24) is 10.2 Å². The van der Waals surface area contributed by atoms with Gasteiger partial charge in [0.05, 0.1) is 17.2 Å². The number of ether oxygens (including phenoxy) is 1. The van der Waals surface area contributed by atoms with Crippen LogP contribution < -0.4 is 14.4 Å². The molecule has 1 atom stereocenters. The third-order valence-corrected chi connectivity index (χ3v) is 10.7. The quantitative estimate of drug-likeness (QED) is 0.155. The monoisotopic (exact) mass is 687 g/mol. The van der Waals surface area contributed by atoms with Gasteiger partial charge in [0.25, 0.3) is 10.0 Å². The number of carbonyl (C=O) groups excluding carboxylic acids is 2. The molecule has 0 unspecified atom stereocenters. The van der Waals surface area contributed by atoms with Crippen LogP contribution in [0.3, 0.4) is 0 Å². The number of benzene rings is 4. The molecule has 0 aliphatic heterocycles. The molecule has 0 spiro atoms. The SMILES string of the molecule is CCOc1ccc(N(CC(=O)N(Cc2ccccc2C)[C@@H](Cc2ccccc2)C(=O)NC2CCCC2)S(=O)(=O)c2ccc(Cl)cc2)cc1. The Morgan fingerprint density at radius 1 is 0.896 bits per heavy atom. The summed E-state index contributed by atoms with van der Waals surface area (Å²) in [6.45, 7) is 3.86. The van der Waals surface area contributed by atoms with E-state index < -0.39 is 28.5 Å². The fourth-order valence-corrected chi connectivity index (χ4v) is 7.57. The van der Waals surface area contributed by atoms with E-state index in [2.05, 4.69) is 5.32 Å². The molecule has 1 fully saturated rings. The molecule has 0 radical (unpaired) electrons. The van der Waals surface area contributed by atoms with Crippen molar-refractivity contribution in [3.63, 3.8) is 0 Å². The number of sulfonamides is 1. The van der Waals surface area contributed by atoms with E-state index in [1.165, 1.54) is 24.3 Å². The average molecular weight is 688 g/mol. The number of rotatable bonds is 14. The fraction of sp³-hybridized carbons (Fsp3) is 0.316. The zero-order valence-electron chi connectivity index (χ0n) is 27.3. The topological polar surface area (TPSA) is 96.0 Å². The van der Waals surface area contributed by atoms with Crippen molar-refractivity contribution in [1.29, 1.82) is 0 Å². The first-order chi connectivity index (χ1) is 23.2. The first-order valence-corrected chi connectivity index (χ1v) is 18.2. The Morgan fingerprint density at radius 3 is 2.19 bits per heavy atom. The first-order valence-electron chi connectivity index (χ1n) is 16.3. The molecular weight excluding hydrogens is 646 g/mol. The predicted molar refractivity (Wildman–Crippen MR) is 190 cm³/mol. The lowest BCUT2D eigenvalue weighted by atomic mass is 10.0. The molecule has 1 aliphatic carbocycles. The number of nitrogens with zero attached hydrogens (tertiary/aromatic N) is 2. The summed E-state index contributed by atoms with van der Waals surface area (Å²) in [6, 6.07) is 28.9. The lowest BCUT2D eigenvalue weighted by Gasteiger charge is -2.34. The number of aryl methyl sites for hydroxylation is 1. The summed E-state index contributed by atoms with van der Waals surface area (Å²) in [4.78, 5) is 30.4. The molecule has 1 aliphatic rings. The van der Waals surface area contributed by atoms with E-state index in [4.69, 9.17) is 16.3 Å². The molecule has 48 heavy (non-hydrogen) atoms. The van der Waals surface area contributed by atoms with E-state index in [1.54, 1.807) is 29.2 Å². The lowest BCUT2D eigenvalue weighted by molar-refractivity contribution is -0.140. The minimum atomic E-state index is -4.24. The second-order valence-corrected chi connectivity index (χ2v) is 14.3. The number of hydrogen-bond donors (Lipinski definition) is 1. The highest BCUT2D eigenvalue weighted by molar-refractivity contribution is 7.92. The Hall–Kier alpha value is -4.34. The second-order valence-electron chi connectivity index (χ2n) is 12.0. The zero-order chi connectivity index (χ0) is 34.1. The van der Waals surface area contributed by atoms with Gasteiger partial charge in [-0.25, -0.2) is 8.42 Å². The molecule has 0 aromatic heterocycles. The first kappa shape index (κ1) is 35.0. The lowest BCUT2D eigenvalue weighted by Crippen LogP contribution is -2.54. The van der Waals surface area contributed by atoms with Gasteiger partial charge in [0.15, 0.2) is 0 Å². The molecule has 5 rings (SSSR count). The summed E-state index contributed by atoms with van der Waals surface area (Å²) in [7, 11) is -4.24. The second kappa shape index (κ2) is 16.2. The number of carbonyl (C=O) groups is 2. The number of hydrogen-bond acceptors (Lipinski definition) is 5. The molecule has 0 bridgehead atoms. The van der Waals surface area contributed by atoms with Gasteiger partial charge in [0, 0.05) is 24.0 Å². The zero-order valence-corrected chi connectivity index (χ0v) is 28.9. The Labute approximate surface area is 288 Å². The van der Waals surface area contributed by atoms with Crippen molar-refractivity contribution < 1.29 is 22.7 Å². The van der Waals surface area contributed by atoms with Crippen LogP contribution in [0, 0.1) is 6.92 Å². The highest BCUT2D eigenvalue weighted by Crippen LogP contribution is 2.28. The molecule has 8 nitrogen and oxygen atoms in total. The average Bonchev–Trinajstić information content (AvgIpc) is 3.60. The van der Waals surface area contributed by atoms with Gasteiger partial charge in [-0.15, -0.1) is 0 Å². The summed E-state index contributed by atoms with van der Waals surface area (Å²) in [5, 5.41) is 3.60. The summed E-state index contributed by atoms with van der Waals surface area (Å²) in [5.41, 5.74) is 3.00. The maximum atomic E-state index is 14.7. The Bertz CT molecular complexity index is 1780. The van der Waals surface area contributed by atoms with Crippen molar-refractivity contribution >= 4 is 39.1 Å². The van der Waals surface area contributed by atoms with E-state index in [0.29, 0.717) is 17.4 Å². The fourth-order valence-electron chi connectivity index (χ4n) is 6.03. The van der Waals surface area contributed by atoms with Crippen LogP contribution in [-0.4, -0.2) is 50.4 Å². The molecule has 10 heteroatoms. The number of halogens is 1. The van der Waals surface area contributed by atoms with Crippen LogP contribution in [0.25, 0.3) is 0 Å². The van der Waals surface area contributed by atoms with E-state index >= 15 is 0 Å². The highest BCUT2D eigenvalue weighted by atomic mass is 35.5. The Morgan fingerprint density at radius 2 is 1.54 bits per heavy atom. The molecule has 1 N–H and O–H groups in total. The number of nitrogens with one attached hydrogen (secondary N) is 1. The predicted octanol–water partition coefficient (Wildman–Crippen LogP) is 6.94. The Balaban J connectivity index is 1.57. The largest absolute Gasteiger partial charge is 0.494 e. The molecule has 252 valence electrons. The summed E-state index contributed by atoms with van der Waals surface area (Å²) in [5.74, 6) is -0.183. The maximum absolute atomic E-state index is 14.7. The van der Waals surface area contributed by atoms with Crippen LogP contribution in [0.2, 0.25) is 5.02 Å². The van der Waals surface area contributed by atoms with Crippen molar-refractivity contribution in [2.75, 3.05) is 17.5 Å². The molecule has 2 amide bonds. The van der Waals surface area contributed by atoms with E-state index in [1.807, 2.05) is 68.4 Å². The van der Waals surface area contributed by atoms with Gasteiger partial charge in [-0.05, 0) is 91.9 Å². The summed E-state index contributed by atoms with van der Waals surface area (Å²) in [6.07, 6.45) is 4.13. The van der Waals surface area contributed by atoms with Crippen LogP contribution >= 0.6 is 11.6 Å². The van der Waals surface area contributed by atoms with Crippen LogP contribution in [0.4, 0.5) is 5.69 Å². The van der Waals surface area contributed by atoms with Crippen molar-refractivity contribution in [3.8, 4) is 5.75 Å². The Kier molecular flexibility index (Phi) is 11.8. The minimum Gasteiger partial charge on any atom is -0.494 e. The molecule has 4 aromatic carbocycles. The summed E-state index contributed by atoms with van der Waals surface area (Å²) < 4.78 is 35.2. The van der Waals surface area contributed by atoms with E-state index in [9.17, 15) is 18.0 Å². The van der Waals surface area contributed by atoms with E-state index in [-0.39, 0.29) is 35.5 Å². The molecular formula is C38H42ClN3O5S. The van der Waals surface area contributed by atoms with Gasteiger partial charge >= 0.3 is 0 Å². The summed E-state index contributed by atoms with van der Waals surface area (Å²) >= 11 is 6.09. The highest BCUT2D eigenvalue weighted by Gasteiger charge is 2.35. The van der Waals surface area contributed by atoms with Crippen LogP contribution in [0.15, 0.2) is 108 Å². The third-order valence-electron chi connectivity index (χ3n) is 8.69. The van der Waals surface area contributed by atoms with Gasteiger partial charge in [0.2, 0.25) is 11.8 Å². The van der Waals surface area contributed by atoms with Gasteiger partial charge in [0.1, 0.15) is 18.3 Å². The molecule has 4 aromatic rings. The van der Waals surface area contributed by atoms with Crippen molar-refractivity contribution in [2.45, 2.75) is 69.5 Å². The molecule has 1 saturated carbocycles. The van der Waals surface area contributed by atoms with Gasteiger partial charge < -0.3 is 15.0 Å². The number of anilines is 1.